The highest BCUT2D eigenvalue weighted by Gasteiger charge is 2.39. The molecule has 1 fully saturated rings. The van der Waals surface area contributed by atoms with Crippen LogP contribution in [0.1, 0.15) is 24.8 Å². The third-order valence-electron chi connectivity index (χ3n) is 3.23. The Morgan fingerprint density at radius 1 is 1.52 bits per heavy atom. The molecular formula is C14H16NO5S-. The minimum Gasteiger partial charge on any atom is -0.548 e. The molecule has 0 aliphatic carbocycles. The maximum absolute atomic E-state index is 11.8. The summed E-state index contributed by atoms with van der Waals surface area (Å²) in [5.74, 6) is -1.19. The molecule has 0 aromatic heterocycles. The van der Waals surface area contributed by atoms with Crippen LogP contribution in [0.2, 0.25) is 0 Å². The van der Waals surface area contributed by atoms with Crippen molar-refractivity contribution in [2.75, 3.05) is 12.4 Å². The number of carbonyl (C=O) groups is 2. The Bertz CT molecular complexity index is 562. The molecule has 7 heteroatoms. The van der Waals surface area contributed by atoms with E-state index >= 15 is 0 Å². The highest BCUT2D eigenvalue weighted by Crippen LogP contribution is 2.46. The number of nitrogens with zero attached hydrogens (tertiary/aromatic N) is 1. The molecule has 0 saturated carbocycles. The van der Waals surface area contributed by atoms with Crippen LogP contribution in [0, 0.1) is 0 Å². The number of para-hydroxylation sites is 1. The number of benzene rings is 1. The van der Waals surface area contributed by atoms with Crippen LogP contribution in [0.25, 0.3) is 0 Å². The zero-order chi connectivity index (χ0) is 15.6. The fourth-order valence-electron chi connectivity index (χ4n) is 2.32. The summed E-state index contributed by atoms with van der Waals surface area (Å²) < 4.78 is 5.32. The van der Waals surface area contributed by atoms with Crippen LogP contribution >= 0.6 is 11.8 Å². The number of carbonyl (C=O) groups excluding carboxylic acids is 2. The zero-order valence-corrected chi connectivity index (χ0v) is 12.6. The summed E-state index contributed by atoms with van der Waals surface area (Å²) in [7, 11) is 0. The summed E-state index contributed by atoms with van der Waals surface area (Å²) in [5, 5.41) is 20.8. The molecule has 114 valence electrons. The summed E-state index contributed by atoms with van der Waals surface area (Å²) in [6.45, 7) is 3.50. The van der Waals surface area contributed by atoms with Gasteiger partial charge in [-0.3, -0.25) is 4.79 Å². The first-order chi connectivity index (χ1) is 9.97. The molecule has 0 radical (unpaired) electrons. The number of phenols is 1. The van der Waals surface area contributed by atoms with Crippen LogP contribution < -0.4 is 9.84 Å². The number of rotatable bonds is 4. The summed E-state index contributed by atoms with van der Waals surface area (Å²) >= 11 is 1.28. The smallest absolute Gasteiger partial charge is 0.221 e. The Morgan fingerprint density at radius 2 is 2.24 bits per heavy atom. The number of aromatic hydroxyl groups is 1. The summed E-state index contributed by atoms with van der Waals surface area (Å²) in [4.78, 5) is 24.1. The normalized spacial score (nSPS) is 21.3. The van der Waals surface area contributed by atoms with Crippen LogP contribution in [-0.2, 0) is 9.59 Å². The van der Waals surface area contributed by atoms with Gasteiger partial charge in [0.25, 0.3) is 0 Å². The minimum absolute atomic E-state index is 0.0675. The Hall–Kier alpha value is -1.89. The van der Waals surface area contributed by atoms with E-state index in [2.05, 4.69) is 0 Å². The topological polar surface area (TPSA) is 89.9 Å². The average molecular weight is 310 g/mol. The van der Waals surface area contributed by atoms with E-state index in [1.807, 2.05) is 0 Å². The summed E-state index contributed by atoms with van der Waals surface area (Å²) in [6, 6.07) is 3.98. The van der Waals surface area contributed by atoms with Gasteiger partial charge in [0, 0.05) is 18.2 Å². The van der Waals surface area contributed by atoms with Crippen LogP contribution in [0.15, 0.2) is 18.2 Å². The van der Waals surface area contributed by atoms with Crippen molar-refractivity contribution in [1.29, 1.82) is 0 Å². The van der Waals surface area contributed by atoms with Gasteiger partial charge in [-0.05, 0) is 13.0 Å². The molecule has 1 saturated heterocycles. The van der Waals surface area contributed by atoms with E-state index in [9.17, 15) is 19.8 Å². The first-order valence-corrected chi connectivity index (χ1v) is 7.58. The maximum atomic E-state index is 11.8. The lowest BCUT2D eigenvalue weighted by Gasteiger charge is -2.29. The van der Waals surface area contributed by atoms with Gasteiger partial charge in [-0.2, -0.15) is 0 Å². The van der Waals surface area contributed by atoms with Crippen LogP contribution in [0.4, 0.5) is 0 Å². The molecule has 21 heavy (non-hydrogen) atoms. The number of hydrogen-bond acceptors (Lipinski definition) is 6. The van der Waals surface area contributed by atoms with Crippen molar-refractivity contribution in [1.82, 2.24) is 4.90 Å². The third-order valence-corrected chi connectivity index (χ3v) is 4.54. The molecule has 1 N–H and O–H groups in total. The van der Waals surface area contributed by atoms with E-state index in [1.165, 1.54) is 23.6 Å². The lowest BCUT2D eigenvalue weighted by Crippen LogP contribution is -2.48. The van der Waals surface area contributed by atoms with E-state index in [0.29, 0.717) is 17.9 Å². The predicted octanol–water partition coefficient (Wildman–Crippen LogP) is 0.503. The number of ether oxygens (including phenoxy) is 1. The quantitative estimate of drug-likeness (QED) is 0.871. The zero-order valence-electron chi connectivity index (χ0n) is 11.7. The first-order valence-electron chi connectivity index (χ1n) is 6.53. The molecular weight excluding hydrogens is 294 g/mol. The number of aliphatic carboxylic acids is 1. The van der Waals surface area contributed by atoms with Gasteiger partial charge in [0.1, 0.15) is 5.37 Å². The molecule has 6 nitrogen and oxygen atoms in total. The second kappa shape index (κ2) is 6.26. The summed E-state index contributed by atoms with van der Waals surface area (Å²) in [6.07, 6.45) is 0. The van der Waals surface area contributed by atoms with Gasteiger partial charge in [0.05, 0.1) is 18.6 Å². The van der Waals surface area contributed by atoms with E-state index in [0.717, 1.165) is 0 Å². The second-order valence-corrected chi connectivity index (χ2v) is 5.69. The monoisotopic (exact) mass is 310 g/mol. The largest absolute Gasteiger partial charge is 0.548 e. The Balaban J connectivity index is 2.39. The molecule has 1 aliphatic rings. The van der Waals surface area contributed by atoms with Crippen molar-refractivity contribution in [2.24, 2.45) is 0 Å². The lowest BCUT2D eigenvalue weighted by molar-refractivity contribution is -0.310. The van der Waals surface area contributed by atoms with E-state index in [-0.39, 0.29) is 17.4 Å². The fourth-order valence-corrected chi connectivity index (χ4v) is 3.81. The number of hydrogen-bond donors (Lipinski definition) is 1. The van der Waals surface area contributed by atoms with Crippen molar-refractivity contribution < 1.29 is 24.5 Å². The number of carboxylic acid groups (broad SMARTS) is 1. The van der Waals surface area contributed by atoms with Gasteiger partial charge < -0.3 is 24.6 Å². The van der Waals surface area contributed by atoms with Crippen molar-refractivity contribution in [2.45, 2.75) is 25.3 Å². The lowest BCUT2D eigenvalue weighted by atomic mass is 10.1. The SMILES string of the molecule is CCOc1cccc([C@@H]2SC[C@@H](C(=O)[O-])N2C(C)=O)c1O. The number of carboxylic acids is 1. The molecule has 2 rings (SSSR count). The van der Waals surface area contributed by atoms with Crippen molar-refractivity contribution >= 4 is 23.6 Å². The number of thioether (sulfide) groups is 1. The van der Waals surface area contributed by atoms with Gasteiger partial charge in [-0.15, -0.1) is 11.8 Å². The maximum Gasteiger partial charge on any atom is 0.221 e. The number of phenolic OH excluding ortho intramolecular Hbond substituents is 1. The predicted molar refractivity (Wildman–Crippen MR) is 75.8 cm³/mol. The van der Waals surface area contributed by atoms with E-state index in [1.54, 1.807) is 25.1 Å². The van der Waals surface area contributed by atoms with Crippen LogP contribution in [0.3, 0.4) is 0 Å². The molecule has 1 aromatic rings. The molecule has 0 unspecified atom stereocenters. The van der Waals surface area contributed by atoms with Crippen molar-refractivity contribution in [3.05, 3.63) is 23.8 Å². The fraction of sp³-hybridized carbons (Fsp3) is 0.429. The highest BCUT2D eigenvalue weighted by molar-refractivity contribution is 7.99. The first kappa shape index (κ1) is 15.5. The Kier molecular flexibility index (Phi) is 4.62. The second-order valence-electron chi connectivity index (χ2n) is 4.57. The van der Waals surface area contributed by atoms with Gasteiger partial charge >= 0.3 is 0 Å². The van der Waals surface area contributed by atoms with Gasteiger partial charge in [-0.25, -0.2) is 0 Å². The highest BCUT2D eigenvalue weighted by atomic mass is 32.2. The standard InChI is InChI=1S/C14H17NO5S/c1-3-20-11-6-4-5-9(12(11)17)13-15(8(2)16)10(7-21-13)14(18)19/h4-6,10,13,17H,3,7H2,1-2H3,(H,18,19)/p-1/t10-,13-/m0/s1. The molecule has 1 heterocycles. The van der Waals surface area contributed by atoms with Gasteiger partial charge in [0.2, 0.25) is 5.91 Å². The molecule has 1 aliphatic heterocycles. The Labute approximate surface area is 126 Å². The molecule has 2 atom stereocenters. The molecule has 1 aromatic carbocycles. The van der Waals surface area contributed by atoms with Crippen LogP contribution in [-0.4, -0.2) is 40.3 Å². The molecule has 0 bridgehead atoms. The third kappa shape index (κ3) is 2.92. The minimum atomic E-state index is -1.29. The number of amides is 1. The van der Waals surface area contributed by atoms with Gasteiger partial charge in [0.15, 0.2) is 11.5 Å². The molecule has 0 spiro atoms. The average Bonchev–Trinajstić information content (AvgIpc) is 2.86. The van der Waals surface area contributed by atoms with Crippen molar-refractivity contribution in [3.8, 4) is 11.5 Å². The van der Waals surface area contributed by atoms with Crippen LogP contribution in [0.5, 0.6) is 11.5 Å². The molecule has 1 amide bonds. The van der Waals surface area contributed by atoms with E-state index in [4.69, 9.17) is 4.74 Å². The van der Waals surface area contributed by atoms with E-state index < -0.39 is 17.4 Å². The Morgan fingerprint density at radius 3 is 2.81 bits per heavy atom. The van der Waals surface area contributed by atoms with Gasteiger partial charge in [-0.1, -0.05) is 12.1 Å². The summed E-state index contributed by atoms with van der Waals surface area (Å²) in [5.41, 5.74) is 0.463. The van der Waals surface area contributed by atoms with Crippen molar-refractivity contribution in [3.63, 3.8) is 0 Å².